The average molecular weight is 273 g/mol. The van der Waals surface area contributed by atoms with Gasteiger partial charge in [0.05, 0.1) is 0 Å². The number of ketones is 1. The zero-order valence-electron chi connectivity index (χ0n) is 12.5. The number of hydrogen-bond donors (Lipinski definition) is 0. The van der Waals surface area contributed by atoms with Gasteiger partial charge in [0.2, 0.25) is 0 Å². The Hall–Kier alpha value is -1.80. The number of Topliss-reactive ketones (excluding diaryl/α,β-unsaturated/α-hetero) is 1. The van der Waals surface area contributed by atoms with Crippen LogP contribution in [0.2, 0.25) is 0 Å². The van der Waals surface area contributed by atoms with Crippen LogP contribution in [0, 0.1) is 11.3 Å². The van der Waals surface area contributed by atoms with Crippen molar-refractivity contribution >= 4 is 11.5 Å². The molecule has 1 aliphatic carbocycles. The van der Waals surface area contributed by atoms with Crippen LogP contribution >= 0.6 is 0 Å². The summed E-state index contributed by atoms with van der Waals surface area (Å²) in [5, 5.41) is 3.39. The van der Waals surface area contributed by atoms with Crippen molar-refractivity contribution in [3.63, 3.8) is 0 Å². The molecule has 0 radical (unpaired) electrons. The smallest absolute Gasteiger partial charge is 0.132 e. The number of carbonyl (C=O) groups excluding carboxylic acids is 1. The second kappa shape index (κ2) is 7.71. The summed E-state index contributed by atoms with van der Waals surface area (Å²) in [6.07, 6.45) is 3.87. The SMILES string of the molecule is CC(C)(C)C1CCC(=O)CC1.[N-]=[N+]=Nc1ccccc1. The highest BCUT2D eigenvalue weighted by molar-refractivity contribution is 5.79. The topological polar surface area (TPSA) is 65.8 Å². The first-order chi connectivity index (χ1) is 9.43. The molecule has 4 heteroatoms. The van der Waals surface area contributed by atoms with Crippen LogP contribution < -0.4 is 0 Å². The summed E-state index contributed by atoms with van der Waals surface area (Å²) < 4.78 is 0. The van der Waals surface area contributed by atoms with E-state index in [9.17, 15) is 4.79 Å². The van der Waals surface area contributed by atoms with E-state index in [4.69, 9.17) is 5.53 Å². The molecule has 0 N–H and O–H groups in total. The Kier molecular flexibility index (Phi) is 6.26. The fourth-order valence-corrected chi connectivity index (χ4v) is 2.35. The average Bonchev–Trinajstić information content (AvgIpc) is 2.40. The molecule has 20 heavy (non-hydrogen) atoms. The van der Waals surface area contributed by atoms with Crippen LogP contribution in [-0.4, -0.2) is 5.78 Å². The van der Waals surface area contributed by atoms with Crippen molar-refractivity contribution in [2.45, 2.75) is 46.5 Å². The zero-order valence-corrected chi connectivity index (χ0v) is 12.5. The Morgan fingerprint density at radius 2 is 1.70 bits per heavy atom. The number of hydrogen-bond acceptors (Lipinski definition) is 2. The van der Waals surface area contributed by atoms with Crippen LogP contribution in [0.5, 0.6) is 0 Å². The van der Waals surface area contributed by atoms with Gasteiger partial charge in [-0.25, -0.2) is 0 Å². The minimum Gasteiger partial charge on any atom is -0.300 e. The van der Waals surface area contributed by atoms with Gasteiger partial charge in [-0.05, 0) is 29.7 Å². The fraction of sp³-hybridized carbons (Fsp3) is 0.562. The normalized spacial score (nSPS) is 15.8. The van der Waals surface area contributed by atoms with E-state index in [1.165, 1.54) is 0 Å². The van der Waals surface area contributed by atoms with Gasteiger partial charge in [0, 0.05) is 23.4 Å². The van der Waals surface area contributed by atoms with Gasteiger partial charge in [-0.3, -0.25) is 4.79 Å². The Morgan fingerprint density at radius 1 is 1.15 bits per heavy atom. The Bertz CT molecular complexity index is 460. The minimum absolute atomic E-state index is 0.403. The Labute approximate surface area is 120 Å². The summed E-state index contributed by atoms with van der Waals surface area (Å²) in [6.45, 7) is 6.81. The van der Waals surface area contributed by atoms with Crippen molar-refractivity contribution < 1.29 is 4.79 Å². The van der Waals surface area contributed by atoms with Gasteiger partial charge >= 0.3 is 0 Å². The predicted molar refractivity (Wildman–Crippen MR) is 81.7 cm³/mol. The summed E-state index contributed by atoms with van der Waals surface area (Å²) in [4.78, 5) is 13.6. The first kappa shape index (κ1) is 16.3. The number of rotatable bonds is 1. The lowest BCUT2D eigenvalue weighted by molar-refractivity contribution is -0.121. The van der Waals surface area contributed by atoms with Gasteiger partial charge in [0.25, 0.3) is 0 Å². The molecule has 2 rings (SSSR count). The second-order valence-electron chi connectivity index (χ2n) is 6.20. The van der Waals surface area contributed by atoms with Crippen molar-refractivity contribution in [2.75, 3.05) is 0 Å². The largest absolute Gasteiger partial charge is 0.300 e. The van der Waals surface area contributed by atoms with Crippen molar-refractivity contribution in [1.82, 2.24) is 0 Å². The molecule has 1 aromatic carbocycles. The summed E-state index contributed by atoms with van der Waals surface area (Å²) in [7, 11) is 0. The summed E-state index contributed by atoms with van der Waals surface area (Å²) in [6, 6.07) is 9.02. The quantitative estimate of drug-likeness (QED) is 0.382. The summed E-state index contributed by atoms with van der Waals surface area (Å²) in [5.74, 6) is 1.23. The van der Waals surface area contributed by atoms with E-state index in [0.29, 0.717) is 16.9 Å². The zero-order chi connectivity index (χ0) is 15.0. The molecular formula is C16H23N3O. The first-order valence-corrected chi connectivity index (χ1v) is 7.05. The monoisotopic (exact) mass is 273 g/mol. The molecule has 4 nitrogen and oxygen atoms in total. The molecule has 0 aliphatic heterocycles. The lowest BCUT2D eigenvalue weighted by Gasteiger charge is -2.33. The number of carbonyl (C=O) groups is 1. The Balaban J connectivity index is 0.000000204. The second-order valence-corrected chi connectivity index (χ2v) is 6.20. The number of benzene rings is 1. The molecular weight excluding hydrogens is 250 g/mol. The molecule has 0 heterocycles. The molecule has 0 atom stereocenters. The van der Waals surface area contributed by atoms with Crippen LogP contribution in [0.15, 0.2) is 35.4 Å². The molecule has 1 fully saturated rings. The molecule has 0 unspecified atom stereocenters. The highest BCUT2D eigenvalue weighted by Crippen LogP contribution is 2.36. The first-order valence-electron chi connectivity index (χ1n) is 7.05. The number of azide groups is 1. The molecule has 1 aromatic rings. The van der Waals surface area contributed by atoms with Crippen LogP contribution in [-0.2, 0) is 4.79 Å². The van der Waals surface area contributed by atoms with Gasteiger partial charge in [0.15, 0.2) is 0 Å². The van der Waals surface area contributed by atoms with Crippen molar-refractivity contribution in [1.29, 1.82) is 0 Å². The van der Waals surface area contributed by atoms with Gasteiger partial charge < -0.3 is 0 Å². The van der Waals surface area contributed by atoms with Crippen LogP contribution in [0.1, 0.15) is 46.5 Å². The molecule has 0 bridgehead atoms. The lowest BCUT2D eigenvalue weighted by Crippen LogP contribution is -2.25. The van der Waals surface area contributed by atoms with Crippen molar-refractivity contribution in [2.24, 2.45) is 16.4 Å². The van der Waals surface area contributed by atoms with Gasteiger partial charge in [-0.15, -0.1) is 0 Å². The van der Waals surface area contributed by atoms with Crippen molar-refractivity contribution in [3.05, 3.63) is 40.8 Å². The van der Waals surface area contributed by atoms with Crippen molar-refractivity contribution in [3.8, 4) is 0 Å². The van der Waals surface area contributed by atoms with Gasteiger partial charge in [-0.1, -0.05) is 56.2 Å². The molecule has 1 aliphatic rings. The maximum atomic E-state index is 10.9. The van der Waals surface area contributed by atoms with Gasteiger partial charge in [0.1, 0.15) is 5.78 Å². The maximum absolute atomic E-state index is 10.9. The summed E-state index contributed by atoms with van der Waals surface area (Å²) in [5.41, 5.74) is 9.03. The molecule has 0 amide bonds. The van der Waals surface area contributed by atoms with E-state index in [-0.39, 0.29) is 0 Å². The third-order valence-corrected chi connectivity index (χ3v) is 3.68. The highest BCUT2D eigenvalue weighted by atomic mass is 16.1. The maximum Gasteiger partial charge on any atom is 0.132 e. The van der Waals surface area contributed by atoms with Crippen LogP contribution in [0.3, 0.4) is 0 Å². The fourth-order valence-electron chi connectivity index (χ4n) is 2.35. The lowest BCUT2D eigenvalue weighted by atomic mass is 9.72. The number of nitrogens with zero attached hydrogens (tertiary/aromatic N) is 3. The molecule has 108 valence electrons. The van der Waals surface area contributed by atoms with Gasteiger partial charge in [-0.2, -0.15) is 0 Å². The van der Waals surface area contributed by atoms with E-state index in [0.717, 1.165) is 31.6 Å². The molecule has 0 spiro atoms. The minimum atomic E-state index is 0.403. The standard InChI is InChI=1S/C10H18O.C6H5N3/c1-10(2,3)8-4-6-9(11)7-5-8;7-9-8-6-4-2-1-3-5-6/h8H,4-7H2,1-3H3;1-5H. The van der Waals surface area contributed by atoms with E-state index in [1.54, 1.807) is 12.1 Å². The van der Waals surface area contributed by atoms with E-state index in [2.05, 4.69) is 30.8 Å². The van der Waals surface area contributed by atoms with E-state index < -0.39 is 0 Å². The highest BCUT2D eigenvalue weighted by Gasteiger charge is 2.28. The Morgan fingerprint density at radius 3 is 2.15 bits per heavy atom. The third kappa shape index (κ3) is 5.89. The third-order valence-electron chi connectivity index (χ3n) is 3.68. The molecule has 0 saturated heterocycles. The predicted octanol–water partition coefficient (Wildman–Crippen LogP) is 5.42. The van der Waals surface area contributed by atoms with E-state index in [1.807, 2.05) is 18.2 Å². The van der Waals surface area contributed by atoms with Crippen LogP contribution in [0.25, 0.3) is 10.4 Å². The van der Waals surface area contributed by atoms with E-state index >= 15 is 0 Å². The van der Waals surface area contributed by atoms with Crippen LogP contribution in [0.4, 0.5) is 5.69 Å². The molecule has 1 saturated carbocycles. The molecule has 0 aromatic heterocycles. The summed E-state index contributed by atoms with van der Waals surface area (Å²) >= 11 is 0.